The molecule has 0 aliphatic heterocycles. The minimum absolute atomic E-state index is 0.137. The van der Waals surface area contributed by atoms with Crippen LogP contribution in [0.15, 0.2) is 54.6 Å². The van der Waals surface area contributed by atoms with Crippen LogP contribution >= 0.6 is 0 Å². The highest BCUT2D eigenvalue weighted by Gasteiger charge is 2.08. The zero-order valence-corrected chi connectivity index (χ0v) is 12.5. The standard InChI is InChI=1S/C18H19NO3/c1-2-14-9-6-10-16(11-14)22-18(21)13-19-17(20)12-15-7-4-3-5-8-15/h3-11H,2,12-13H2,1H3,(H,19,20). The molecule has 0 aromatic heterocycles. The number of amides is 1. The van der Waals surface area contributed by atoms with Gasteiger partial charge in [0, 0.05) is 0 Å². The molecule has 0 spiro atoms. The van der Waals surface area contributed by atoms with Gasteiger partial charge in [0.25, 0.3) is 0 Å². The van der Waals surface area contributed by atoms with E-state index >= 15 is 0 Å². The molecule has 22 heavy (non-hydrogen) atoms. The van der Waals surface area contributed by atoms with Crippen LogP contribution in [0.4, 0.5) is 0 Å². The molecule has 4 nitrogen and oxygen atoms in total. The van der Waals surface area contributed by atoms with Gasteiger partial charge in [-0.2, -0.15) is 0 Å². The smallest absolute Gasteiger partial charge is 0.330 e. The Hall–Kier alpha value is -2.62. The van der Waals surface area contributed by atoms with Crippen LogP contribution in [0.2, 0.25) is 0 Å². The number of hydrogen-bond donors (Lipinski definition) is 1. The second-order valence-electron chi connectivity index (χ2n) is 4.91. The Morgan fingerprint density at radius 1 is 1.00 bits per heavy atom. The Balaban J connectivity index is 1.78. The summed E-state index contributed by atoms with van der Waals surface area (Å²) in [5.74, 6) is -0.179. The number of ether oxygens (including phenoxy) is 1. The molecule has 0 heterocycles. The molecule has 0 unspecified atom stereocenters. The lowest BCUT2D eigenvalue weighted by Crippen LogP contribution is -2.32. The number of esters is 1. The lowest BCUT2D eigenvalue weighted by molar-refractivity contribution is -0.135. The van der Waals surface area contributed by atoms with E-state index in [0.29, 0.717) is 5.75 Å². The normalized spacial score (nSPS) is 10.0. The van der Waals surface area contributed by atoms with Gasteiger partial charge in [0.1, 0.15) is 12.3 Å². The topological polar surface area (TPSA) is 55.4 Å². The van der Waals surface area contributed by atoms with Gasteiger partial charge in [-0.15, -0.1) is 0 Å². The van der Waals surface area contributed by atoms with Gasteiger partial charge in [-0.3, -0.25) is 4.79 Å². The average Bonchev–Trinajstić information content (AvgIpc) is 2.54. The van der Waals surface area contributed by atoms with Crippen LogP contribution in [0.3, 0.4) is 0 Å². The van der Waals surface area contributed by atoms with Gasteiger partial charge < -0.3 is 10.1 Å². The molecule has 0 aliphatic rings. The molecule has 2 aromatic carbocycles. The Morgan fingerprint density at radius 3 is 2.45 bits per heavy atom. The summed E-state index contributed by atoms with van der Waals surface area (Å²) < 4.78 is 5.20. The fraction of sp³-hybridized carbons (Fsp3) is 0.222. The van der Waals surface area contributed by atoms with E-state index < -0.39 is 5.97 Å². The molecule has 0 aliphatic carbocycles. The van der Waals surface area contributed by atoms with Crippen molar-refractivity contribution in [2.75, 3.05) is 6.54 Å². The Labute approximate surface area is 130 Å². The van der Waals surface area contributed by atoms with Gasteiger partial charge in [-0.05, 0) is 29.7 Å². The SMILES string of the molecule is CCc1cccc(OC(=O)CNC(=O)Cc2ccccc2)c1. The van der Waals surface area contributed by atoms with Crippen molar-refractivity contribution in [3.63, 3.8) is 0 Å². The summed E-state index contributed by atoms with van der Waals surface area (Å²) in [5.41, 5.74) is 2.00. The largest absolute Gasteiger partial charge is 0.425 e. The minimum atomic E-state index is -0.477. The highest BCUT2D eigenvalue weighted by Crippen LogP contribution is 2.13. The van der Waals surface area contributed by atoms with Gasteiger partial charge in [0.2, 0.25) is 5.91 Å². The first kappa shape index (κ1) is 15.8. The van der Waals surface area contributed by atoms with Crippen molar-refractivity contribution in [2.45, 2.75) is 19.8 Å². The third-order valence-electron chi connectivity index (χ3n) is 3.18. The Kier molecular flexibility index (Phi) is 5.72. The van der Waals surface area contributed by atoms with Crippen LogP contribution in [0.1, 0.15) is 18.1 Å². The summed E-state index contributed by atoms with van der Waals surface area (Å²) in [6.07, 6.45) is 1.12. The number of rotatable bonds is 6. The lowest BCUT2D eigenvalue weighted by atomic mass is 10.1. The van der Waals surface area contributed by atoms with Crippen LogP contribution in [0.5, 0.6) is 5.75 Å². The summed E-state index contributed by atoms with van der Waals surface area (Å²) >= 11 is 0. The molecule has 0 radical (unpaired) electrons. The molecule has 1 N–H and O–H groups in total. The molecule has 0 saturated carbocycles. The number of hydrogen-bond acceptors (Lipinski definition) is 3. The van der Waals surface area contributed by atoms with Crippen molar-refractivity contribution in [3.8, 4) is 5.75 Å². The lowest BCUT2D eigenvalue weighted by Gasteiger charge is -2.07. The summed E-state index contributed by atoms with van der Waals surface area (Å²) in [6.45, 7) is 1.90. The van der Waals surface area contributed by atoms with Gasteiger partial charge >= 0.3 is 5.97 Å². The zero-order chi connectivity index (χ0) is 15.8. The second-order valence-corrected chi connectivity index (χ2v) is 4.91. The summed E-state index contributed by atoms with van der Waals surface area (Å²) in [6, 6.07) is 16.7. The molecule has 2 aromatic rings. The van der Waals surface area contributed by atoms with E-state index in [1.165, 1.54) is 0 Å². The maximum atomic E-state index is 11.8. The molecule has 4 heteroatoms. The van der Waals surface area contributed by atoms with Gasteiger partial charge in [-0.25, -0.2) is 4.79 Å². The highest BCUT2D eigenvalue weighted by atomic mass is 16.5. The van der Waals surface area contributed by atoms with E-state index in [1.54, 1.807) is 6.07 Å². The van der Waals surface area contributed by atoms with Gasteiger partial charge in [0.15, 0.2) is 0 Å². The highest BCUT2D eigenvalue weighted by molar-refractivity contribution is 5.84. The maximum Gasteiger partial charge on any atom is 0.330 e. The number of carbonyl (C=O) groups is 2. The predicted octanol–water partition coefficient (Wildman–Crippen LogP) is 2.51. The van der Waals surface area contributed by atoms with Gasteiger partial charge in [0.05, 0.1) is 6.42 Å². The van der Waals surface area contributed by atoms with Crippen LogP contribution in [0, 0.1) is 0 Å². The third-order valence-corrected chi connectivity index (χ3v) is 3.18. The quantitative estimate of drug-likeness (QED) is 0.658. The maximum absolute atomic E-state index is 11.8. The number of aryl methyl sites for hydroxylation is 1. The van der Waals surface area contributed by atoms with Crippen molar-refractivity contribution in [3.05, 3.63) is 65.7 Å². The molecule has 0 fully saturated rings. The molecule has 1 amide bonds. The molecule has 0 saturated heterocycles. The van der Waals surface area contributed by atoms with Crippen LogP contribution in [0.25, 0.3) is 0 Å². The van der Waals surface area contributed by atoms with Crippen molar-refractivity contribution in [1.29, 1.82) is 0 Å². The van der Waals surface area contributed by atoms with Crippen LogP contribution < -0.4 is 10.1 Å². The average molecular weight is 297 g/mol. The third kappa shape index (κ3) is 5.05. The predicted molar refractivity (Wildman–Crippen MR) is 84.6 cm³/mol. The summed E-state index contributed by atoms with van der Waals surface area (Å²) in [5, 5.41) is 2.57. The summed E-state index contributed by atoms with van der Waals surface area (Å²) in [4.78, 5) is 23.5. The van der Waals surface area contributed by atoms with E-state index in [4.69, 9.17) is 4.74 Å². The molecule has 0 atom stereocenters. The van der Waals surface area contributed by atoms with Gasteiger partial charge in [-0.1, -0.05) is 49.4 Å². The Morgan fingerprint density at radius 2 is 1.73 bits per heavy atom. The van der Waals surface area contributed by atoms with Crippen molar-refractivity contribution >= 4 is 11.9 Å². The van der Waals surface area contributed by atoms with E-state index in [9.17, 15) is 9.59 Å². The molecule has 0 bridgehead atoms. The van der Waals surface area contributed by atoms with E-state index in [0.717, 1.165) is 17.5 Å². The monoisotopic (exact) mass is 297 g/mol. The molecule has 2 rings (SSSR count). The number of nitrogens with one attached hydrogen (secondary N) is 1. The van der Waals surface area contributed by atoms with E-state index in [2.05, 4.69) is 5.32 Å². The minimum Gasteiger partial charge on any atom is -0.425 e. The van der Waals surface area contributed by atoms with E-state index in [1.807, 2.05) is 55.5 Å². The summed E-state index contributed by atoms with van der Waals surface area (Å²) in [7, 11) is 0. The molecule has 114 valence electrons. The van der Waals surface area contributed by atoms with E-state index in [-0.39, 0.29) is 18.9 Å². The second kappa shape index (κ2) is 7.98. The van der Waals surface area contributed by atoms with Crippen molar-refractivity contribution in [2.24, 2.45) is 0 Å². The number of benzene rings is 2. The molecular formula is C18H19NO3. The first-order valence-corrected chi connectivity index (χ1v) is 7.27. The van der Waals surface area contributed by atoms with Crippen molar-refractivity contribution < 1.29 is 14.3 Å². The first-order chi connectivity index (χ1) is 10.7. The fourth-order valence-corrected chi connectivity index (χ4v) is 2.01. The molecular weight excluding hydrogens is 278 g/mol. The van der Waals surface area contributed by atoms with Crippen molar-refractivity contribution in [1.82, 2.24) is 5.32 Å². The zero-order valence-electron chi connectivity index (χ0n) is 12.5. The first-order valence-electron chi connectivity index (χ1n) is 7.27. The number of carbonyl (C=O) groups excluding carboxylic acids is 2. The fourth-order valence-electron chi connectivity index (χ4n) is 2.01. The van der Waals surface area contributed by atoms with Crippen LogP contribution in [-0.4, -0.2) is 18.4 Å². The Bertz CT molecular complexity index is 638. The van der Waals surface area contributed by atoms with Crippen LogP contribution in [-0.2, 0) is 22.4 Å².